The third-order valence-corrected chi connectivity index (χ3v) is 2.82. The van der Waals surface area contributed by atoms with Gasteiger partial charge in [-0.05, 0) is 24.6 Å². The number of hydrogen-bond acceptors (Lipinski definition) is 4. The Morgan fingerprint density at radius 2 is 2.05 bits per heavy atom. The van der Waals surface area contributed by atoms with E-state index in [-0.39, 0.29) is 17.6 Å². The van der Waals surface area contributed by atoms with Crippen LogP contribution in [0.1, 0.15) is 40.1 Å². The summed E-state index contributed by atoms with van der Waals surface area (Å²) >= 11 is 0. The van der Waals surface area contributed by atoms with Crippen LogP contribution in [0.25, 0.3) is 0 Å². The highest BCUT2D eigenvalue weighted by Gasteiger charge is 2.10. The van der Waals surface area contributed by atoms with Crippen molar-refractivity contribution >= 4 is 11.8 Å². The number of carbonyl (C=O) groups excluding carboxylic acids is 2. The number of H-pyrrole nitrogens is 1. The molecule has 0 atom stereocenters. The van der Waals surface area contributed by atoms with E-state index in [1.807, 2.05) is 0 Å². The van der Waals surface area contributed by atoms with Crippen LogP contribution in [0.4, 0.5) is 0 Å². The van der Waals surface area contributed by atoms with Gasteiger partial charge < -0.3 is 15.1 Å². The van der Waals surface area contributed by atoms with Crippen molar-refractivity contribution in [2.24, 2.45) is 0 Å². The van der Waals surface area contributed by atoms with Crippen LogP contribution in [0.5, 0.6) is 0 Å². The molecule has 0 radical (unpaired) electrons. The second kappa shape index (κ2) is 7.28. The fourth-order valence-electron chi connectivity index (χ4n) is 1.81. The zero-order chi connectivity index (χ0) is 15.1. The number of aromatic amines is 1. The maximum Gasteiger partial charge on any atom is 0.287 e. The summed E-state index contributed by atoms with van der Waals surface area (Å²) in [5.41, 5.74) is 1.30. The van der Waals surface area contributed by atoms with E-state index in [4.69, 9.17) is 4.42 Å². The molecule has 0 aromatic carbocycles. The smallest absolute Gasteiger partial charge is 0.287 e. The minimum Gasteiger partial charge on any atom is -0.459 e. The average Bonchev–Trinajstić information content (AvgIpc) is 3.14. The molecule has 0 aliphatic rings. The Labute approximate surface area is 122 Å². The first-order chi connectivity index (χ1) is 10.2. The highest BCUT2D eigenvalue weighted by Crippen LogP contribution is 2.02. The predicted octanol–water partition coefficient (Wildman–Crippen LogP) is 1.11. The molecule has 7 nitrogen and oxygen atoms in total. The summed E-state index contributed by atoms with van der Waals surface area (Å²) < 4.78 is 4.95. The normalized spacial score (nSPS) is 10.3. The summed E-state index contributed by atoms with van der Waals surface area (Å²) in [6, 6.07) is 4.95. The number of aryl methyl sites for hydroxylation is 1. The lowest BCUT2D eigenvalue weighted by molar-refractivity contribution is 0.0909. The van der Waals surface area contributed by atoms with Crippen molar-refractivity contribution in [2.75, 3.05) is 13.1 Å². The van der Waals surface area contributed by atoms with Crippen molar-refractivity contribution in [2.45, 2.75) is 19.8 Å². The third-order valence-electron chi connectivity index (χ3n) is 2.82. The lowest BCUT2D eigenvalue weighted by Gasteiger charge is -2.04. The summed E-state index contributed by atoms with van der Waals surface area (Å²) in [6.45, 7) is 2.70. The Kier molecular flexibility index (Phi) is 5.14. The van der Waals surface area contributed by atoms with E-state index in [1.165, 1.54) is 6.26 Å². The van der Waals surface area contributed by atoms with Crippen LogP contribution in [-0.2, 0) is 6.42 Å². The summed E-state index contributed by atoms with van der Waals surface area (Å²) in [4.78, 5) is 23.4. The van der Waals surface area contributed by atoms with Gasteiger partial charge in [-0.25, -0.2) is 0 Å². The van der Waals surface area contributed by atoms with Crippen LogP contribution in [0.15, 0.2) is 28.9 Å². The molecule has 0 unspecified atom stereocenters. The second-order valence-electron chi connectivity index (χ2n) is 4.52. The summed E-state index contributed by atoms with van der Waals surface area (Å²) in [6.07, 6.45) is 3.28. The third kappa shape index (κ3) is 4.20. The molecule has 0 saturated heterocycles. The zero-order valence-electron chi connectivity index (χ0n) is 11.8. The van der Waals surface area contributed by atoms with E-state index < -0.39 is 0 Å². The number of rotatable bonds is 7. The van der Waals surface area contributed by atoms with E-state index in [9.17, 15) is 9.59 Å². The first-order valence-electron chi connectivity index (χ1n) is 6.85. The van der Waals surface area contributed by atoms with Crippen molar-refractivity contribution in [3.63, 3.8) is 0 Å². The maximum atomic E-state index is 11.8. The van der Waals surface area contributed by atoms with Crippen LogP contribution in [0.3, 0.4) is 0 Å². The van der Waals surface area contributed by atoms with Crippen molar-refractivity contribution in [1.29, 1.82) is 0 Å². The molecule has 3 N–H and O–H groups in total. The molecule has 2 amide bonds. The Hall–Kier alpha value is -2.57. The van der Waals surface area contributed by atoms with E-state index in [2.05, 4.69) is 27.8 Å². The number of hydrogen-bond donors (Lipinski definition) is 3. The number of aromatic nitrogens is 2. The predicted molar refractivity (Wildman–Crippen MR) is 76.0 cm³/mol. The molecule has 2 aromatic heterocycles. The summed E-state index contributed by atoms with van der Waals surface area (Å²) in [5, 5.41) is 12.1. The monoisotopic (exact) mass is 290 g/mol. The van der Waals surface area contributed by atoms with E-state index in [0.29, 0.717) is 18.8 Å². The van der Waals surface area contributed by atoms with E-state index in [0.717, 1.165) is 18.5 Å². The van der Waals surface area contributed by atoms with Crippen molar-refractivity contribution in [3.05, 3.63) is 41.6 Å². The zero-order valence-corrected chi connectivity index (χ0v) is 11.8. The van der Waals surface area contributed by atoms with E-state index >= 15 is 0 Å². The summed E-state index contributed by atoms with van der Waals surface area (Å²) in [5.74, 6) is -0.321. The standard InChI is InChI=1S/C14H18N4O3/c1-2-4-10-9-11(18-17-10)13(19)15-6-7-16-14(20)12-5-3-8-21-12/h3,5,8-9H,2,4,6-7H2,1H3,(H,15,19)(H,16,20)(H,17,18). The SMILES string of the molecule is CCCc1cc(C(=O)NCCNC(=O)c2ccco2)n[nH]1. The number of furan rings is 1. The van der Waals surface area contributed by atoms with Crippen LogP contribution in [0, 0.1) is 0 Å². The quantitative estimate of drug-likeness (QED) is 0.665. The van der Waals surface area contributed by atoms with Gasteiger partial charge in [-0.1, -0.05) is 13.3 Å². The maximum absolute atomic E-state index is 11.8. The van der Waals surface area contributed by atoms with Crippen LogP contribution < -0.4 is 10.6 Å². The van der Waals surface area contributed by atoms with Crippen LogP contribution in [0.2, 0.25) is 0 Å². The molecule has 0 saturated carbocycles. The Balaban J connectivity index is 1.70. The molecule has 0 spiro atoms. The minimum absolute atomic E-state index is 0.248. The van der Waals surface area contributed by atoms with Gasteiger partial charge in [0, 0.05) is 18.8 Å². The van der Waals surface area contributed by atoms with Crippen LogP contribution in [-0.4, -0.2) is 35.1 Å². The van der Waals surface area contributed by atoms with Gasteiger partial charge in [0.1, 0.15) is 5.69 Å². The van der Waals surface area contributed by atoms with Gasteiger partial charge in [0.15, 0.2) is 5.76 Å². The van der Waals surface area contributed by atoms with Gasteiger partial charge >= 0.3 is 0 Å². The first-order valence-corrected chi connectivity index (χ1v) is 6.85. The average molecular weight is 290 g/mol. The topological polar surface area (TPSA) is 100 Å². The van der Waals surface area contributed by atoms with Gasteiger partial charge in [-0.3, -0.25) is 14.7 Å². The largest absolute Gasteiger partial charge is 0.459 e. The Morgan fingerprint density at radius 3 is 2.71 bits per heavy atom. The van der Waals surface area contributed by atoms with Gasteiger partial charge in [0.25, 0.3) is 11.8 Å². The van der Waals surface area contributed by atoms with Crippen LogP contribution >= 0.6 is 0 Å². The molecule has 2 rings (SSSR count). The molecular formula is C14H18N4O3. The summed E-state index contributed by atoms with van der Waals surface area (Å²) in [7, 11) is 0. The second-order valence-corrected chi connectivity index (χ2v) is 4.52. The van der Waals surface area contributed by atoms with Gasteiger partial charge in [-0.2, -0.15) is 5.10 Å². The molecule has 0 aliphatic carbocycles. The number of carbonyl (C=O) groups is 2. The molecule has 0 fully saturated rings. The molecular weight excluding hydrogens is 272 g/mol. The Bertz CT molecular complexity index is 589. The number of nitrogens with one attached hydrogen (secondary N) is 3. The molecule has 2 heterocycles. The number of nitrogens with zero attached hydrogens (tertiary/aromatic N) is 1. The molecule has 7 heteroatoms. The fourth-order valence-corrected chi connectivity index (χ4v) is 1.81. The molecule has 2 aromatic rings. The molecule has 0 bridgehead atoms. The van der Waals surface area contributed by atoms with Crippen molar-refractivity contribution in [3.8, 4) is 0 Å². The lowest BCUT2D eigenvalue weighted by Crippen LogP contribution is -2.34. The first kappa shape index (κ1) is 14.8. The Morgan fingerprint density at radius 1 is 1.29 bits per heavy atom. The van der Waals surface area contributed by atoms with Gasteiger partial charge in [-0.15, -0.1) is 0 Å². The van der Waals surface area contributed by atoms with Crippen molar-refractivity contribution in [1.82, 2.24) is 20.8 Å². The fraction of sp³-hybridized carbons (Fsp3) is 0.357. The molecule has 21 heavy (non-hydrogen) atoms. The lowest BCUT2D eigenvalue weighted by atomic mass is 10.2. The minimum atomic E-state index is -0.306. The highest BCUT2D eigenvalue weighted by atomic mass is 16.3. The molecule has 112 valence electrons. The molecule has 0 aliphatic heterocycles. The van der Waals surface area contributed by atoms with Gasteiger partial charge in [0.05, 0.1) is 6.26 Å². The van der Waals surface area contributed by atoms with Crippen molar-refractivity contribution < 1.29 is 14.0 Å². The number of amides is 2. The highest BCUT2D eigenvalue weighted by molar-refractivity contribution is 5.92. The van der Waals surface area contributed by atoms with Gasteiger partial charge in [0.2, 0.25) is 0 Å². The van der Waals surface area contributed by atoms with E-state index in [1.54, 1.807) is 18.2 Å².